The van der Waals surface area contributed by atoms with Crippen LogP contribution in [0.3, 0.4) is 0 Å². The average Bonchev–Trinajstić information content (AvgIpc) is 2.36. The standard InChI is InChI=1S/C6H6BrN3O/c7-5-2-1-4(10-5)6(11)9-3-8/h1-3,10H,(H2,8,9,11). The number of hydrogen-bond acceptors (Lipinski definition) is 2. The molecule has 0 bridgehead atoms. The van der Waals surface area contributed by atoms with E-state index in [1.54, 1.807) is 12.1 Å². The van der Waals surface area contributed by atoms with E-state index in [1.807, 2.05) is 0 Å². The molecular weight excluding hydrogens is 210 g/mol. The first kappa shape index (κ1) is 8.00. The van der Waals surface area contributed by atoms with Gasteiger partial charge in [0.05, 0.1) is 10.9 Å². The van der Waals surface area contributed by atoms with Gasteiger partial charge < -0.3 is 10.3 Å². The van der Waals surface area contributed by atoms with Crippen molar-refractivity contribution in [1.29, 1.82) is 5.41 Å². The van der Waals surface area contributed by atoms with Crippen LogP contribution in [0, 0.1) is 5.41 Å². The maximum atomic E-state index is 10.9. The highest BCUT2D eigenvalue weighted by Gasteiger charge is 2.04. The average molecular weight is 216 g/mol. The van der Waals surface area contributed by atoms with Crippen molar-refractivity contribution in [2.75, 3.05) is 0 Å². The van der Waals surface area contributed by atoms with Crippen LogP contribution in [0.1, 0.15) is 10.5 Å². The molecule has 1 aromatic rings. The zero-order chi connectivity index (χ0) is 8.27. The van der Waals surface area contributed by atoms with Gasteiger partial charge in [-0.05, 0) is 28.1 Å². The number of rotatable bonds is 2. The van der Waals surface area contributed by atoms with Gasteiger partial charge >= 0.3 is 0 Å². The van der Waals surface area contributed by atoms with Gasteiger partial charge in [0.25, 0.3) is 5.91 Å². The van der Waals surface area contributed by atoms with E-state index in [0.717, 1.165) is 10.9 Å². The Kier molecular flexibility index (Phi) is 2.43. The molecular formula is C6H6BrN3O. The number of halogens is 1. The van der Waals surface area contributed by atoms with Crippen molar-refractivity contribution < 1.29 is 4.79 Å². The fourth-order valence-electron chi connectivity index (χ4n) is 0.644. The Morgan fingerprint density at radius 3 is 2.91 bits per heavy atom. The molecule has 0 spiro atoms. The van der Waals surface area contributed by atoms with Crippen molar-refractivity contribution in [3.05, 3.63) is 22.4 Å². The molecule has 0 fully saturated rings. The first-order valence-corrected chi connectivity index (χ1v) is 3.67. The van der Waals surface area contributed by atoms with Crippen LogP contribution in [0.2, 0.25) is 0 Å². The second-order valence-corrected chi connectivity index (χ2v) is 2.69. The van der Waals surface area contributed by atoms with Gasteiger partial charge in [-0.1, -0.05) is 0 Å². The second kappa shape index (κ2) is 3.34. The molecule has 0 unspecified atom stereocenters. The maximum absolute atomic E-state index is 10.9. The van der Waals surface area contributed by atoms with Gasteiger partial charge in [0.1, 0.15) is 5.69 Å². The predicted molar refractivity (Wildman–Crippen MR) is 44.7 cm³/mol. The molecule has 1 aromatic heterocycles. The van der Waals surface area contributed by atoms with Gasteiger partial charge in [-0.25, -0.2) is 0 Å². The summed E-state index contributed by atoms with van der Waals surface area (Å²) in [5, 5.41) is 8.83. The van der Waals surface area contributed by atoms with Crippen LogP contribution >= 0.6 is 15.9 Å². The van der Waals surface area contributed by atoms with Crippen molar-refractivity contribution in [3.8, 4) is 0 Å². The van der Waals surface area contributed by atoms with Gasteiger partial charge in [0, 0.05) is 0 Å². The third-order valence-electron chi connectivity index (χ3n) is 1.10. The zero-order valence-corrected chi connectivity index (χ0v) is 7.10. The van der Waals surface area contributed by atoms with Gasteiger partial charge in [0.2, 0.25) is 0 Å². The molecule has 3 N–H and O–H groups in total. The van der Waals surface area contributed by atoms with Crippen molar-refractivity contribution in [1.82, 2.24) is 10.3 Å². The van der Waals surface area contributed by atoms with Crippen LogP contribution in [0.4, 0.5) is 0 Å². The van der Waals surface area contributed by atoms with Crippen molar-refractivity contribution in [2.45, 2.75) is 0 Å². The Morgan fingerprint density at radius 1 is 1.73 bits per heavy atom. The molecule has 58 valence electrons. The lowest BCUT2D eigenvalue weighted by atomic mass is 10.4. The minimum Gasteiger partial charge on any atom is -0.345 e. The largest absolute Gasteiger partial charge is 0.345 e. The molecule has 0 saturated heterocycles. The summed E-state index contributed by atoms with van der Waals surface area (Å²) >= 11 is 3.16. The first-order valence-electron chi connectivity index (χ1n) is 2.88. The van der Waals surface area contributed by atoms with Crippen LogP contribution in [-0.2, 0) is 0 Å². The molecule has 11 heavy (non-hydrogen) atoms. The monoisotopic (exact) mass is 215 g/mol. The van der Waals surface area contributed by atoms with E-state index in [9.17, 15) is 4.79 Å². The summed E-state index contributed by atoms with van der Waals surface area (Å²) in [6, 6.07) is 3.35. The molecule has 1 heterocycles. The lowest BCUT2D eigenvalue weighted by Gasteiger charge is -1.92. The summed E-state index contributed by atoms with van der Waals surface area (Å²) in [4.78, 5) is 13.7. The van der Waals surface area contributed by atoms with Gasteiger partial charge in [-0.2, -0.15) is 0 Å². The maximum Gasteiger partial charge on any atom is 0.272 e. The summed E-state index contributed by atoms with van der Waals surface area (Å²) in [5.74, 6) is -0.314. The Hall–Kier alpha value is -1.10. The third kappa shape index (κ3) is 1.91. The number of H-pyrrole nitrogens is 1. The smallest absolute Gasteiger partial charge is 0.272 e. The van der Waals surface area contributed by atoms with E-state index in [0.29, 0.717) is 5.69 Å². The normalized spacial score (nSPS) is 9.18. The molecule has 0 aromatic carbocycles. The Morgan fingerprint density at radius 2 is 2.45 bits per heavy atom. The summed E-state index contributed by atoms with van der Waals surface area (Å²) in [6.45, 7) is 0. The second-order valence-electron chi connectivity index (χ2n) is 1.84. The Balaban J connectivity index is 2.76. The number of carbonyl (C=O) groups is 1. The molecule has 4 nitrogen and oxygen atoms in total. The summed E-state index contributed by atoms with van der Waals surface area (Å²) in [6.07, 6.45) is 0.844. The minimum absolute atomic E-state index is 0.314. The van der Waals surface area contributed by atoms with Crippen LogP contribution in [0.15, 0.2) is 16.7 Å². The lowest BCUT2D eigenvalue weighted by molar-refractivity contribution is 0.0974. The summed E-state index contributed by atoms with van der Waals surface area (Å²) in [7, 11) is 0. The van der Waals surface area contributed by atoms with Gasteiger partial charge in [-0.3, -0.25) is 10.2 Å². The van der Waals surface area contributed by atoms with E-state index in [-0.39, 0.29) is 5.91 Å². The van der Waals surface area contributed by atoms with E-state index in [4.69, 9.17) is 5.41 Å². The van der Waals surface area contributed by atoms with E-state index in [2.05, 4.69) is 26.2 Å². The highest BCUT2D eigenvalue weighted by Crippen LogP contribution is 2.07. The fraction of sp³-hybridized carbons (Fsp3) is 0. The lowest BCUT2D eigenvalue weighted by Crippen LogP contribution is -2.21. The Labute approximate surface area is 71.6 Å². The summed E-state index contributed by atoms with van der Waals surface area (Å²) in [5.41, 5.74) is 0.431. The Bertz CT molecular complexity index is 281. The molecule has 0 aliphatic heterocycles. The first-order chi connectivity index (χ1) is 5.24. The highest BCUT2D eigenvalue weighted by atomic mass is 79.9. The molecule has 1 rings (SSSR count). The van der Waals surface area contributed by atoms with E-state index < -0.39 is 0 Å². The van der Waals surface area contributed by atoms with Crippen molar-refractivity contribution in [3.63, 3.8) is 0 Å². The molecule has 1 amide bonds. The zero-order valence-electron chi connectivity index (χ0n) is 5.52. The van der Waals surface area contributed by atoms with Crippen LogP contribution in [0.25, 0.3) is 0 Å². The SMILES string of the molecule is N=CNC(=O)c1ccc(Br)[nH]1. The quantitative estimate of drug-likeness (QED) is 0.503. The molecule has 0 aliphatic carbocycles. The number of nitrogens with one attached hydrogen (secondary N) is 3. The van der Waals surface area contributed by atoms with Crippen LogP contribution in [-0.4, -0.2) is 17.2 Å². The van der Waals surface area contributed by atoms with E-state index >= 15 is 0 Å². The van der Waals surface area contributed by atoms with Crippen LogP contribution < -0.4 is 5.32 Å². The van der Waals surface area contributed by atoms with Crippen molar-refractivity contribution in [2.24, 2.45) is 0 Å². The fourth-order valence-corrected chi connectivity index (χ4v) is 0.990. The molecule has 0 radical (unpaired) electrons. The third-order valence-corrected chi connectivity index (χ3v) is 1.56. The number of aromatic amines is 1. The van der Waals surface area contributed by atoms with E-state index in [1.165, 1.54) is 0 Å². The van der Waals surface area contributed by atoms with Gasteiger partial charge in [-0.15, -0.1) is 0 Å². The molecule has 5 heteroatoms. The number of carbonyl (C=O) groups excluding carboxylic acids is 1. The van der Waals surface area contributed by atoms with Gasteiger partial charge in [0.15, 0.2) is 0 Å². The molecule has 0 aliphatic rings. The number of hydrogen-bond donors (Lipinski definition) is 3. The predicted octanol–water partition coefficient (Wildman–Crippen LogP) is 1.11. The number of amides is 1. The molecule has 0 atom stereocenters. The highest BCUT2D eigenvalue weighted by molar-refractivity contribution is 9.10. The topological polar surface area (TPSA) is 68.7 Å². The van der Waals surface area contributed by atoms with Crippen LogP contribution in [0.5, 0.6) is 0 Å². The molecule has 0 saturated carbocycles. The van der Waals surface area contributed by atoms with Crippen molar-refractivity contribution >= 4 is 28.2 Å². The summed E-state index contributed by atoms with van der Waals surface area (Å²) < 4.78 is 0.743. The minimum atomic E-state index is -0.314. The number of aromatic nitrogens is 1.